The molecule has 1 aromatic heterocycles. The molecule has 0 aliphatic carbocycles. The van der Waals surface area contributed by atoms with Crippen molar-refractivity contribution in [3.05, 3.63) is 24.2 Å². The summed E-state index contributed by atoms with van der Waals surface area (Å²) in [6, 6.07) is 1.59. The fourth-order valence-corrected chi connectivity index (χ4v) is 0.897. The second kappa shape index (κ2) is 4.61. The Labute approximate surface area is 81.1 Å². The van der Waals surface area contributed by atoms with E-state index in [4.69, 9.17) is 10.2 Å². The van der Waals surface area contributed by atoms with Crippen LogP contribution in [0.25, 0.3) is 0 Å². The SMILES string of the molecule is NC(=S)CCNC(=O)c1ccoc1. The fourth-order valence-electron chi connectivity index (χ4n) is 0.795. The van der Waals surface area contributed by atoms with Crippen LogP contribution in [0.3, 0.4) is 0 Å². The second-order valence-electron chi connectivity index (χ2n) is 2.48. The quantitative estimate of drug-likeness (QED) is 0.698. The number of hydrogen-bond donors (Lipinski definition) is 2. The zero-order valence-electron chi connectivity index (χ0n) is 6.95. The minimum atomic E-state index is -0.176. The van der Waals surface area contributed by atoms with E-state index in [9.17, 15) is 4.79 Å². The maximum absolute atomic E-state index is 11.2. The summed E-state index contributed by atoms with van der Waals surface area (Å²) in [4.78, 5) is 11.6. The van der Waals surface area contributed by atoms with Crippen LogP contribution in [-0.2, 0) is 0 Å². The molecule has 0 unspecified atom stereocenters. The Balaban J connectivity index is 2.31. The normalized spacial score (nSPS) is 9.54. The fraction of sp³-hybridized carbons (Fsp3) is 0.250. The van der Waals surface area contributed by atoms with E-state index in [0.29, 0.717) is 23.5 Å². The largest absolute Gasteiger partial charge is 0.472 e. The van der Waals surface area contributed by atoms with Gasteiger partial charge in [0, 0.05) is 13.0 Å². The van der Waals surface area contributed by atoms with Crippen molar-refractivity contribution in [1.82, 2.24) is 5.32 Å². The molecule has 1 rings (SSSR count). The van der Waals surface area contributed by atoms with Crippen molar-refractivity contribution in [3.8, 4) is 0 Å². The molecule has 5 heteroatoms. The van der Waals surface area contributed by atoms with Crippen molar-refractivity contribution in [3.63, 3.8) is 0 Å². The molecule has 1 amide bonds. The molecule has 0 bridgehead atoms. The Morgan fingerprint density at radius 1 is 1.69 bits per heavy atom. The highest BCUT2D eigenvalue weighted by Crippen LogP contribution is 1.98. The van der Waals surface area contributed by atoms with Crippen LogP contribution in [0.4, 0.5) is 0 Å². The first-order chi connectivity index (χ1) is 6.20. The predicted molar refractivity (Wildman–Crippen MR) is 52.4 cm³/mol. The van der Waals surface area contributed by atoms with Crippen molar-refractivity contribution < 1.29 is 9.21 Å². The molecule has 1 aromatic rings. The zero-order valence-corrected chi connectivity index (χ0v) is 7.76. The van der Waals surface area contributed by atoms with E-state index >= 15 is 0 Å². The Morgan fingerprint density at radius 3 is 3.00 bits per heavy atom. The lowest BCUT2D eigenvalue weighted by Crippen LogP contribution is -2.26. The topological polar surface area (TPSA) is 68.3 Å². The molecule has 0 atom stereocenters. The maximum atomic E-state index is 11.2. The van der Waals surface area contributed by atoms with E-state index in [1.807, 2.05) is 0 Å². The number of amides is 1. The lowest BCUT2D eigenvalue weighted by molar-refractivity contribution is 0.0954. The number of furan rings is 1. The lowest BCUT2D eigenvalue weighted by Gasteiger charge is -2.01. The van der Waals surface area contributed by atoms with Gasteiger partial charge >= 0.3 is 0 Å². The van der Waals surface area contributed by atoms with Gasteiger partial charge in [0.25, 0.3) is 5.91 Å². The average molecular weight is 198 g/mol. The number of thiocarbonyl (C=S) groups is 1. The Kier molecular flexibility index (Phi) is 3.45. The first-order valence-electron chi connectivity index (χ1n) is 3.79. The van der Waals surface area contributed by atoms with Gasteiger partial charge in [0.2, 0.25) is 0 Å². The van der Waals surface area contributed by atoms with Crippen LogP contribution in [-0.4, -0.2) is 17.4 Å². The second-order valence-corrected chi connectivity index (χ2v) is 3.01. The standard InChI is InChI=1S/C8H10N2O2S/c9-7(13)1-3-10-8(11)6-2-4-12-5-6/h2,4-5H,1,3H2,(H2,9,13)(H,10,11). The first kappa shape index (κ1) is 9.73. The van der Waals surface area contributed by atoms with Crippen LogP contribution >= 0.6 is 12.2 Å². The predicted octanol–water partition coefficient (Wildman–Crippen LogP) is 0.686. The third kappa shape index (κ3) is 3.25. The zero-order chi connectivity index (χ0) is 9.68. The molecule has 3 N–H and O–H groups in total. The highest BCUT2D eigenvalue weighted by molar-refractivity contribution is 7.80. The van der Waals surface area contributed by atoms with Gasteiger partial charge in [-0.1, -0.05) is 12.2 Å². The molecule has 0 aliphatic rings. The summed E-state index contributed by atoms with van der Waals surface area (Å²) in [5.74, 6) is -0.176. The van der Waals surface area contributed by atoms with Crippen LogP contribution in [0.5, 0.6) is 0 Å². The van der Waals surface area contributed by atoms with E-state index in [1.165, 1.54) is 12.5 Å². The van der Waals surface area contributed by atoms with Crippen molar-refractivity contribution >= 4 is 23.1 Å². The summed E-state index contributed by atoms with van der Waals surface area (Å²) in [6.07, 6.45) is 3.34. The molecule has 0 fully saturated rings. The van der Waals surface area contributed by atoms with E-state index in [1.54, 1.807) is 6.07 Å². The molecule has 0 aliphatic heterocycles. The minimum absolute atomic E-state index is 0.176. The van der Waals surface area contributed by atoms with Gasteiger partial charge < -0.3 is 15.5 Å². The number of rotatable bonds is 4. The molecule has 13 heavy (non-hydrogen) atoms. The van der Waals surface area contributed by atoms with Gasteiger partial charge in [0.15, 0.2) is 0 Å². The molecule has 0 spiro atoms. The Morgan fingerprint density at radius 2 is 2.46 bits per heavy atom. The average Bonchev–Trinajstić information content (AvgIpc) is 2.55. The molecule has 4 nitrogen and oxygen atoms in total. The van der Waals surface area contributed by atoms with Crippen molar-refractivity contribution in [2.24, 2.45) is 5.73 Å². The Bertz CT molecular complexity index is 295. The van der Waals surface area contributed by atoms with Crippen LogP contribution in [0.15, 0.2) is 23.0 Å². The minimum Gasteiger partial charge on any atom is -0.472 e. The Hall–Kier alpha value is -1.36. The van der Waals surface area contributed by atoms with Gasteiger partial charge in [-0.05, 0) is 6.07 Å². The molecule has 1 heterocycles. The number of carbonyl (C=O) groups excluding carboxylic acids is 1. The molecule has 0 radical (unpaired) electrons. The van der Waals surface area contributed by atoms with Crippen molar-refractivity contribution in [1.29, 1.82) is 0 Å². The number of nitrogens with one attached hydrogen (secondary N) is 1. The summed E-state index contributed by atoms with van der Waals surface area (Å²) >= 11 is 4.66. The summed E-state index contributed by atoms with van der Waals surface area (Å²) in [5.41, 5.74) is 5.76. The van der Waals surface area contributed by atoms with Gasteiger partial charge in [0.05, 0.1) is 16.8 Å². The van der Waals surface area contributed by atoms with Gasteiger partial charge in [0.1, 0.15) is 6.26 Å². The van der Waals surface area contributed by atoms with Crippen molar-refractivity contribution in [2.75, 3.05) is 6.54 Å². The third-order valence-corrected chi connectivity index (χ3v) is 1.64. The van der Waals surface area contributed by atoms with Gasteiger partial charge in [-0.2, -0.15) is 0 Å². The number of hydrogen-bond acceptors (Lipinski definition) is 3. The highest BCUT2D eigenvalue weighted by Gasteiger charge is 2.04. The van der Waals surface area contributed by atoms with Crippen LogP contribution in [0, 0.1) is 0 Å². The van der Waals surface area contributed by atoms with Gasteiger partial charge in [-0.15, -0.1) is 0 Å². The number of nitrogens with two attached hydrogens (primary N) is 1. The smallest absolute Gasteiger partial charge is 0.254 e. The third-order valence-electron chi connectivity index (χ3n) is 1.44. The van der Waals surface area contributed by atoms with E-state index < -0.39 is 0 Å². The molecule has 0 aromatic carbocycles. The summed E-state index contributed by atoms with van der Waals surface area (Å²) in [7, 11) is 0. The van der Waals surface area contributed by atoms with E-state index in [0.717, 1.165) is 0 Å². The summed E-state index contributed by atoms with van der Waals surface area (Å²) in [6.45, 7) is 0.458. The number of carbonyl (C=O) groups is 1. The molecule has 0 saturated carbocycles. The first-order valence-corrected chi connectivity index (χ1v) is 4.19. The van der Waals surface area contributed by atoms with Crippen LogP contribution < -0.4 is 11.1 Å². The molecular formula is C8H10N2O2S. The summed E-state index contributed by atoms with van der Waals surface area (Å²) < 4.78 is 4.75. The van der Waals surface area contributed by atoms with Gasteiger partial charge in [-0.3, -0.25) is 4.79 Å². The van der Waals surface area contributed by atoms with Crippen LogP contribution in [0.2, 0.25) is 0 Å². The molecule has 70 valence electrons. The lowest BCUT2D eigenvalue weighted by atomic mass is 10.3. The van der Waals surface area contributed by atoms with Crippen LogP contribution in [0.1, 0.15) is 16.8 Å². The summed E-state index contributed by atoms with van der Waals surface area (Å²) in [5, 5.41) is 2.65. The highest BCUT2D eigenvalue weighted by atomic mass is 32.1. The van der Waals surface area contributed by atoms with E-state index in [-0.39, 0.29) is 5.91 Å². The van der Waals surface area contributed by atoms with E-state index in [2.05, 4.69) is 17.5 Å². The molecule has 0 saturated heterocycles. The van der Waals surface area contributed by atoms with Crippen molar-refractivity contribution in [2.45, 2.75) is 6.42 Å². The maximum Gasteiger partial charge on any atom is 0.254 e. The van der Waals surface area contributed by atoms with Gasteiger partial charge in [-0.25, -0.2) is 0 Å². The molecular weight excluding hydrogens is 188 g/mol. The monoisotopic (exact) mass is 198 g/mol.